The van der Waals surface area contributed by atoms with Gasteiger partial charge in [-0.2, -0.15) is 0 Å². The average Bonchev–Trinajstić information content (AvgIpc) is 3.13. The number of carbonyl (C=O) groups excluding carboxylic acids is 2. The fourth-order valence-corrected chi connectivity index (χ4v) is 7.68. The van der Waals surface area contributed by atoms with Crippen LogP contribution in [0, 0.1) is 5.41 Å². The largest absolute Gasteiger partial charge is 0.359 e. The summed E-state index contributed by atoms with van der Waals surface area (Å²) < 4.78 is 0. The number of piperidine rings is 1. The lowest BCUT2D eigenvalue weighted by Crippen LogP contribution is -2.70. The smallest absolute Gasteiger partial charge is 0.200 e. The molecule has 0 amide bonds. The second-order valence-corrected chi connectivity index (χ2v) is 9.14. The number of nitrogens with two attached hydrogens (primary N) is 1. The SMILES string of the molecule is N[C@H]1[C@H]2C(=O)C=C3S[C@H]4C[C@]31C1=C3c5c(c[nH]c5C(=O)[C@@H]1N4)CCN32. The molecule has 4 N–H and O–H groups in total. The Labute approximate surface area is 147 Å². The van der Waals surface area contributed by atoms with Crippen molar-refractivity contribution in [1.82, 2.24) is 15.2 Å². The number of ketones is 2. The van der Waals surface area contributed by atoms with Crippen molar-refractivity contribution in [3.8, 4) is 0 Å². The van der Waals surface area contributed by atoms with E-state index in [9.17, 15) is 9.59 Å². The number of rotatable bonds is 0. The minimum Gasteiger partial charge on any atom is -0.359 e. The Morgan fingerprint density at radius 3 is 3.12 bits per heavy atom. The summed E-state index contributed by atoms with van der Waals surface area (Å²) in [7, 11) is 0. The van der Waals surface area contributed by atoms with Crippen LogP contribution < -0.4 is 11.1 Å². The number of Topliss-reactive ketones (excluding diaryl/α,β-unsaturated/α-hetero) is 1. The average molecular weight is 352 g/mol. The first-order valence-electron chi connectivity index (χ1n) is 8.81. The van der Waals surface area contributed by atoms with E-state index >= 15 is 0 Å². The molecule has 6 aliphatic rings. The molecule has 0 radical (unpaired) electrons. The number of carbonyl (C=O) groups is 2. The first kappa shape index (κ1) is 13.4. The van der Waals surface area contributed by atoms with E-state index < -0.39 is 0 Å². The van der Waals surface area contributed by atoms with E-state index in [1.807, 2.05) is 12.3 Å². The van der Waals surface area contributed by atoms with Crippen molar-refractivity contribution in [3.05, 3.63) is 39.6 Å². The molecule has 3 bridgehead atoms. The highest BCUT2D eigenvalue weighted by Gasteiger charge is 2.67. The van der Waals surface area contributed by atoms with E-state index in [0.717, 1.165) is 41.1 Å². The molecule has 7 heteroatoms. The van der Waals surface area contributed by atoms with E-state index in [-0.39, 0.29) is 40.5 Å². The summed E-state index contributed by atoms with van der Waals surface area (Å²) in [4.78, 5) is 32.6. The van der Waals surface area contributed by atoms with Gasteiger partial charge in [0.05, 0.1) is 17.1 Å². The summed E-state index contributed by atoms with van der Waals surface area (Å²) in [5.41, 5.74) is 11.6. The maximum absolute atomic E-state index is 13.2. The van der Waals surface area contributed by atoms with E-state index in [1.54, 1.807) is 11.8 Å². The van der Waals surface area contributed by atoms with Gasteiger partial charge in [0, 0.05) is 40.4 Å². The molecule has 2 fully saturated rings. The molecule has 5 heterocycles. The molecule has 5 atom stereocenters. The Kier molecular flexibility index (Phi) is 2.03. The normalized spacial score (nSPS) is 42.1. The van der Waals surface area contributed by atoms with Crippen LogP contribution in [0.3, 0.4) is 0 Å². The molecule has 4 aliphatic heterocycles. The maximum Gasteiger partial charge on any atom is 0.200 e. The molecule has 25 heavy (non-hydrogen) atoms. The fraction of sp³-hybridized carbons (Fsp3) is 0.444. The van der Waals surface area contributed by atoms with Gasteiger partial charge in [-0.05, 0) is 30.1 Å². The number of nitrogens with one attached hydrogen (secondary N) is 2. The third-order valence-corrected chi connectivity index (χ3v) is 8.34. The van der Waals surface area contributed by atoms with Crippen molar-refractivity contribution in [2.24, 2.45) is 11.1 Å². The number of hydrogen-bond acceptors (Lipinski definition) is 6. The second-order valence-electron chi connectivity index (χ2n) is 7.90. The van der Waals surface area contributed by atoms with E-state index in [1.165, 1.54) is 5.56 Å². The van der Waals surface area contributed by atoms with Crippen molar-refractivity contribution < 1.29 is 9.59 Å². The lowest BCUT2D eigenvalue weighted by Gasteiger charge is -2.58. The van der Waals surface area contributed by atoms with Crippen molar-refractivity contribution in [2.75, 3.05) is 6.54 Å². The molecule has 0 aromatic carbocycles. The van der Waals surface area contributed by atoms with Gasteiger partial charge in [0.2, 0.25) is 5.78 Å². The van der Waals surface area contributed by atoms with Crippen LogP contribution in [0.4, 0.5) is 0 Å². The number of aromatic amines is 1. The molecule has 1 spiro atoms. The summed E-state index contributed by atoms with van der Waals surface area (Å²) in [6.45, 7) is 0.782. The lowest BCUT2D eigenvalue weighted by molar-refractivity contribution is -0.121. The standard InChI is InChI=1S/C18H16N4O2S/c19-17-14-7(23)3-8-18(17)4-9(25-8)21-13-11(18)15-10-6(1-2-22(14)15)5-20-12(10)16(13)24/h3,5,9,13-14,17,20-21H,1-2,4,19H2/t9-,13+,14+,17-,18+/m0/s1. The molecule has 7 rings (SSSR count). The molecule has 2 aliphatic carbocycles. The van der Waals surface area contributed by atoms with Gasteiger partial charge in [-0.25, -0.2) is 0 Å². The van der Waals surface area contributed by atoms with Crippen LogP contribution in [-0.4, -0.2) is 51.5 Å². The maximum atomic E-state index is 13.2. The molecular formula is C18H16N4O2S. The molecule has 126 valence electrons. The summed E-state index contributed by atoms with van der Waals surface area (Å²) in [6.07, 6.45) is 5.50. The second kappa shape index (κ2) is 3.79. The van der Waals surface area contributed by atoms with Gasteiger partial charge in [0.25, 0.3) is 0 Å². The van der Waals surface area contributed by atoms with E-state index in [4.69, 9.17) is 5.73 Å². The Bertz CT molecular complexity index is 991. The molecule has 0 unspecified atom stereocenters. The molecular weight excluding hydrogens is 336 g/mol. The number of H-pyrrole nitrogens is 1. The van der Waals surface area contributed by atoms with Crippen LogP contribution in [0.15, 0.2) is 22.8 Å². The minimum absolute atomic E-state index is 0.119. The number of nitrogens with zero attached hydrogens (tertiary/aromatic N) is 1. The van der Waals surface area contributed by atoms with Crippen LogP contribution >= 0.6 is 11.8 Å². The van der Waals surface area contributed by atoms with Gasteiger partial charge < -0.3 is 15.6 Å². The van der Waals surface area contributed by atoms with Crippen LogP contribution in [0.5, 0.6) is 0 Å². The zero-order chi connectivity index (χ0) is 16.7. The first-order valence-corrected chi connectivity index (χ1v) is 9.69. The summed E-state index contributed by atoms with van der Waals surface area (Å²) in [5.74, 6) is 0.240. The molecule has 1 aromatic rings. The summed E-state index contributed by atoms with van der Waals surface area (Å²) in [5, 5.41) is 3.68. The van der Waals surface area contributed by atoms with Crippen LogP contribution in [0.2, 0.25) is 0 Å². The summed E-state index contributed by atoms with van der Waals surface area (Å²) in [6, 6.07) is -0.896. The predicted octanol–water partition coefficient (Wildman–Crippen LogP) is 0.377. The Morgan fingerprint density at radius 1 is 1.36 bits per heavy atom. The van der Waals surface area contributed by atoms with Crippen LogP contribution in [0.25, 0.3) is 5.70 Å². The van der Waals surface area contributed by atoms with Gasteiger partial charge in [0.1, 0.15) is 6.04 Å². The van der Waals surface area contributed by atoms with Gasteiger partial charge in [-0.15, -0.1) is 11.8 Å². The van der Waals surface area contributed by atoms with Crippen LogP contribution in [0.1, 0.15) is 28.0 Å². The first-order chi connectivity index (χ1) is 12.1. The summed E-state index contributed by atoms with van der Waals surface area (Å²) >= 11 is 1.69. The highest BCUT2D eigenvalue weighted by Crippen LogP contribution is 2.66. The number of hydrogen-bond donors (Lipinski definition) is 3. The zero-order valence-corrected chi connectivity index (χ0v) is 14.2. The van der Waals surface area contributed by atoms with Gasteiger partial charge in [-0.3, -0.25) is 14.9 Å². The Balaban J connectivity index is 1.67. The molecule has 6 nitrogen and oxygen atoms in total. The molecule has 1 aromatic heterocycles. The van der Waals surface area contributed by atoms with Crippen molar-refractivity contribution >= 4 is 29.0 Å². The number of aromatic nitrogens is 1. The molecule has 2 saturated heterocycles. The quantitative estimate of drug-likeness (QED) is 0.625. The van der Waals surface area contributed by atoms with Gasteiger partial charge in [-0.1, -0.05) is 0 Å². The topological polar surface area (TPSA) is 91.2 Å². The third-order valence-electron chi connectivity index (χ3n) is 7.02. The number of fused-ring (bicyclic) bond motifs is 3. The van der Waals surface area contributed by atoms with E-state index in [2.05, 4.69) is 15.2 Å². The lowest BCUT2D eigenvalue weighted by atomic mass is 9.56. The minimum atomic E-state index is -0.338. The number of thioether (sulfide) groups is 1. The van der Waals surface area contributed by atoms with Crippen molar-refractivity contribution in [2.45, 2.75) is 36.3 Å². The van der Waals surface area contributed by atoms with E-state index in [0.29, 0.717) is 5.69 Å². The van der Waals surface area contributed by atoms with Crippen molar-refractivity contribution in [1.29, 1.82) is 0 Å². The zero-order valence-electron chi connectivity index (χ0n) is 13.3. The highest BCUT2D eigenvalue weighted by atomic mass is 32.2. The van der Waals surface area contributed by atoms with Gasteiger partial charge in [0.15, 0.2) is 5.78 Å². The van der Waals surface area contributed by atoms with Crippen LogP contribution in [-0.2, 0) is 11.2 Å². The fourth-order valence-electron chi connectivity index (χ4n) is 6.10. The predicted molar refractivity (Wildman–Crippen MR) is 92.7 cm³/mol. The van der Waals surface area contributed by atoms with Crippen molar-refractivity contribution in [3.63, 3.8) is 0 Å². The monoisotopic (exact) mass is 352 g/mol. The van der Waals surface area contributed by atoms with Gasteiger partial charge >= 0.3 is 0 Å². The Morgan fingerprint density at radius 2 is 2.24 bits per heavy atom. The molecule has 0 saturated carbocycles. The third kappa shape index (κ3) is 1.19. The highest BCUT2D eigenvalue weighted by molar-refractivity contribution is 8.04. The Hall–Kier alpha value is -1.83.